The van der Waals surface area contributed by atoms with Crippen LogP contribution in [0.2, 0.25) is 10.0 Å². The van der Waals surface area contributed by atoms with Gasteiger partial charge in [-0.2, -0.15) is 0 Å². The van der Waals surface area contributed by atoms with Crippen LogP contribution in [0.3, 0.4) is 0 Å². The van der Waals surface area contributed by atoms with Crippen LogP contribution in [0.4, 0.5) is 10.1 Å². The molecule has 6 nitrogen and oxygen atoms in total. The van der Waals surface area contributed by atoms with Gasteiger partial charge in [-0.15, -0.1) is 0 Å². The Morgan fingerprint density at radius 2 is 1.94 bits per heavy atom. The third-order valence-corrected chi connectivity index (χ3v) is 7.88. The molecule has 35 heavy (non-hydrogen) atoms. The highest BCUT2D eigenvalue weighted by atomic mass is 35.5. The first-order valence-corrected chi connectivity index (χ1v) is 12.6. The Hall–Kier alpha value is -2.19. The highest BCUT2D eigenvalue weighted by molar-refractivity contribution is 6.31. The molecule has 4 atom stereocenters. The molecular formula is C26H29Cl2FN4O2. The Bertz CT molecular complexity index is 1200. The van der Waals surface area contributed by atoms with Gasteiger partial charge in [0, 0.05) is 35.8 Å². The van der Waals surface area contributed by atoms with Crippen LogP contribution in [0.15, 0.2) is 36.4 Å². The lowest BCUT2D eigenvalue weighted by atomic mass is 9.62. The van der Waals surface area contributed by atoms with Crippen molar-refractivity contribution in [3.63, 3.8) is 0 Å². The zero-order valence-electron chi connectivity index (χ0n) is 19.8. The number of benzene rings is 2. The predicted octanol–water partition coefficient (Wildman–Crippen LogP) is 3.97. The average Bonchev–Trinajstić information content (AvgIpc) is 3.21. The summed E-state index contributed by atoms with van der Waals surface area (Å²) in [4.78, 5) is 27.7. The van der Waals surface area contributed by atoms with E-state index in [0.717, 1.165) is 0 Å². The fourth-order valence-electron chi connectivity index (χ4n) is 5.83. The monoisotopic (exact) mass is 518 g/mol. The van der Waals surface area contributed by atoms with E-state index in [1.54, 1.807) is 24.3 Å². The maximum atomic E-state index is 15.6. The molecule has 0 aliphatic carbocycles. The number of hydrogen-bond acceptors (Lipinski definition) is 4. The molecule has 3 aliphatic rings. The standard InChI is InChI=1S/C26H29Cl2FN4O2/c1-25(2,3)10-19-26(16-8-7-13(27)9-18(16)32-24(26)35)20(15-5-4-6-17(28)21(15)29)22(33-19)23(34)31-14-11-30-12-14/h4-9,14,19-20,22,30,33H,10-12H2,1-3H3,(H,31,34)(H,32,35)/t19-,20+,22-,26+/m1/s1. The summed E-state index contributed by atoms with van der Waals surface area (Å²) in [6, 6.07) is 8.72. The molecule has 2 aromatic rings. The lowest BCUT2D eigenvalue weighted by Gasteiger charge is -2.38. The molecule has 3 heterocycles. The Kier molecular flexibility index (Phi) is 6.11. The molecule has 2 aromatic carbocycles. The number of halogens is 3. The molecule has 186 valence electrons. The average molecular weight is 519 g/mol. The van der Waals surface area contributed by atoms with E-state index < -0.39 is 29.2 Å². The third kappa shape index (κ3) is 4.02. The van der Waals surface area contributed by atoms with Gasteiger partial charge in [0.25, 0.3) is 0 Å². The molecule has 4 N–H and O–H groups in total. The van der Waals surface area contributed by atoms with E-state index in [2.05, 4.69) is 42.0 Å². The lowest BCUT2D eigenvalue weighted by Crippen LogP contribution is -2.60. The minimum atomic E-state index is -1.24. The van der Waals surface area contributed by atoms with Crippen LogP contribution < -0.4 is 21.3 Å². The Morgan fingerprint density at radius 3 is 2.60 bits per heavy atom. The molecule has 2 amide bonds. The van der Waals surface area contributed by atoms with Gasteiger partial charge >= 0.3 is 0 Å². The molecule has 9 heteroatoms. The van der Waals surface area contributed by atoms with E-state index in [0.29, 0.717) is 35.8 Å². The molecule has 3 aliphatic heterocycles. The minimum absolute atomic E-state index is 0.00438. The highest BCUT2D eigenvalue weighted by Gasteiger charge is 2.66. The zero-order valence-corrected chi connectivity index (χ0v) is 21.4. The van der Waals surface area contributed by atoms with E-state index in [1.807, 2.05) is 6.07 Å². The first-order chi connectivity index (χ1) is 16.5. The van der Waals surface area contributed by atoms with Crippen LogP contribution in [0.5, 0.6) is 0 Å². The second-order valence-corrected chi connectivity index (χ2v) is 11.8. The summed E-state index contributed by atoms with van der Waals surface area (Å²) in [6.07, 6.45) is 0.579. The molecule has 2 fully saturated rings. The van der Waals surface area contributed by atoms with Gasteiger partial charge in [0.05, 0.1) is 17.1 Å². The van der Waals surface area contributed by atoms with Crippen LogP contribution in [0.25, 0.3) is 0 Å². The molecule has 0 unspecified atom stereocenters. The smallest absolute Gasteiger partial charge is 0.238 e. The van der Waals surface area contributed by atoms with Gasteiger partial charge in [-0.25, -0.2) is 4.39 Å². The fourth-order valence-corrected chi connectivity index (χ4v) is 6.19. The molecule has 0 aromatic heterocycles. The second kappa shape index (κ2) is 8.73. The number of carbonyl (C=O) groups is 2. The maximum absolute atomic E-state index is 15.6. The Morgan fingerprint density at radius 1 is 1.20 bits per heavy atom. The van der Waals surface area contributed by atoms with Crippen molar-refractivity contribution in [3.05, 3.63) is 63.4 Å². The van der Waals surface area contributed by atoms with Crippen LogP contribution >= 0.6 is 23.2 Å². The highest BCUT2D eigenvalue weighted by Crippen LogP contribution is 2.57. The number of fused-ring (bicyclic) bond motifs is 2. The van der Waals surface area contributed by atoms with Crippen molar-refractivity contribution in [1.29, 1.82) is 0 Å². The minimum Gasteiger partial charge on any atom is -0.349 e. The summed E-state index contributed by atoms with van der Waals surface area (Å²) < 4.78 is 15.6. The molecule has 5 rings (SSSR count). The van der Waals surface area contributed by atoms with Crippen LogP contribution in [-0.4, -0.2) is 43.0 Å². The molecule has 1 spiro atoms. The van der Waals surface area contributed by atoms with Gasteiger partial charge in [0.2, 0.25) is 11.8 Å². The third-order valence-electron chi connectivity index (χ3n) is 7.35. The van der Waals surface area contributed by atoms with Gasteiger partial charge in [0.1, 0.15) is 11.2 Å². The van der Waals surface area contributed by atoms with Crippen molar-refractivity contribution in [1.82, 2.24) is 16.0 Å². The first kappa shape index (κ1) is 24.5. The summed E-state index contributed by atoms with van der Waals surface area (Å²) in [5, 5.41) is 13.1. The molecule has 2 saturated heterocycles. The van der Waals surface area contributed by atoms with E-state index in [9.17, 15) is 9.59 Å². The maximum Gasteiger partial charge on any atom is 0.238 e. The number of anilines is 1. The van der Waals surface area contributed by atoms with Crippen molar-refractivity contribution in [2.24, 2.45) is 5.41 Å². The van der Waals surface area contributed by atoms with Crippen LogP contribution in [-0.2, 0) is 15.0 Å². The van der Waals surface area contributed by atoms with Gasteiger partial charge < -0.3 is 21.3 Å². The Balaban J connectivity index is 1.73. The van der Waals surface area contributed by atoms with E-state index in [4.69, 9.17) is 23.2 Å². The summed E-state index contributed by atoms with van der Waals surface area (Å²) in [7, 11) is 0. The first-order valence-electron chi connectivity index (χ1n) is 11.8. The van der Waals surface area contributed by atoms with E-state index in [1.165, 1.54) is 6.07 Å². The van der Waals surface area contributed by atoms with E-state index >= 15 is 4.39 Å². The normalized spacial score (nSPS) is 28.1. The van der Waals surface area contributed by atoms with Crippen LogP contribution in [0.1, 0.15) is 44.2 Å². The number of carbonyl (C=O) groups excluding carboxylic acids is 2. The summed E-state index contributed by atoms with van der Waals surface area (Å²) in [5.41, 5.74) is 0.115. The second-order valence-electron chi connectivity index (χ2n) is 11.0. The molecule has 0 radical (unpaired) electrons. The molecule has 0 saturated carbocycles. The summed E-state index contributed by atoms with van der Waals surface area (Å²) >= 11 is 12.5. The number of rotatable bonds is 4. The number of amides is 2. The van der Waals surface area contributed by atoms with Crippen molar-refractivity contribution in [3.8, 4) is 0 Å². The SMILES string of the molecule is CC(C)(C)C[C@H]1N[C@@H](C(=O)NC2CNC2)[C@H](c2cccc(Cl)c2F)[C@@]12C(=O)Nc1cc(Cl)ccc12. The van der Waals surface area contributed by atoms with Gasteiger partial charge in [-0.1, -0.05) is 62.2 Å². The van der Waals surface area contributed by atoms with Crippen molar-refractivity contribution >= 4 is 40.7 Å². The quantitative estimate of drug-likeness (QED) is 0.493. The summed E-state index contributed by atoms with van der Waals surface area (Å²) in [5.74, 6) is -1.98. The number of hydrogen-bond donors (Lipinski definition) is 4. The zero-order chi connectivity index (χ0) is 25.1. The van der Waals surface area contributed by atoms with E-state index in [-0.39, 0.29) is 33.9 Å². The van der Waals surface area contributed by atoms with Gasteiger partial charge in [0.15, 0.2) is 0 Å². The number of nitrogens with one attached hydrogen (secondary N) is 4. The Labute approximate surface area is 214 Å². The fraction of sp³-hybridized carbons (Fsp3) is 0.462. The van der Waals surface area contributed by atoms with Gasteiger partial charge in [-0.05, 0) is 41.2 Å². The van der Waals surface area contributed by atoms with Crippen molar-refractivity contribution < 1.29 is 14.0 Å². The topological polar surface area (TPSA) is 82.3 Å². The lowest BCUT2D eigenvalue weighted by molar-refractivity contribution is -0.124. The predicted molar refractivity (Wildman–Crippen MR) is 135 cm³/mol. The largest absolute Gasteiger partial charge is 0.349 e. The van der Waals surface area contributed by atoms with Crippen molar-refractivity contribution in [2.45, 2.75) is 56.7 Å². The van der Waals surface area contributed by atoms with Gasteiger partial charge in [-0.3, -0.25) is 9.59 Å². The summed E-state index contributed by atoms with van der Waals surface area (Å²) in [6.45, 7) is 7.60. The van der Waals surface area contributed by atoms with Crippen molar-refractivity contribution in [2.75, 3.05) is 18.4 Å². The molecular weight excluding hydrogens is 490 g/mol. The van der Waals surface area contributed by atoms with Crippen LogP contribution in [0, 0.1) is 11.2 Å². The molecule has 0 bridgehead atoms.